The molecule has 2 nitrogen and oxygen atoms in total. The molecular weight excluding hydrogens is 222 g/mol. The molecule has 1 aliphatic rings. The standard InChI is InChI=1S/C16H25NO/c1-2-13-4-3-5-16(12-13)18-11-10-14-6-8-15(17)9-7-14/h6-9,13,16H,2-5,10-12,17H2,1H3. The summed E-state index contributed by atoms with van der Waals surface area (Å²) in [6, 6.07) is 8.11. The van der Waals surface area contributed by atoms with E-state index < -0.39 is 0 Å². The van der Waals surface area contributed by atoms with Gasteiger partial charge in [0.05, 0.1) is 12.7 Å². The van der Waals surface area contributed by atoms with Crippen molar-refractivity contribution in [1.82, 2.24) is 0 Å². The van der Waals surface area contributed by atoms with Gasteiger partial charge in [0.15, 0.2) is 0 Å². The van der Waals surface area contributed by atoms with Crippen LogP contribution >= 0.6 is 0 Å². The monoisotopic (exact) mass is 247 g/mol. The zero-order valence-electron chi connectivity index (χ0n) is 11.4. The molecule has 0 aromatic heterocycles. The summed E-state index contributed by atoms with van der Waals surface area (Å²) in [4.78, 5) is 0. The SMILES string of the molecule is CCC1CCCC(OCCc2ccc(N)cc2)C1. The van der Waals surface area contributed by atoms with Crippen LogP contribution in [-0.4, -0.2) is 12.7 Å². The van der Waals surface area contributed by atoms with E-state index in [4.69, 9.17) is 10.5 Å². The third kappa shape index (κ3) is 4.02. The summed E-state index contributed by atoms with van der Waals surface area (Å²) in [5.41, 5.74) is 7.81. The maximum Gasteiger partial charge on any atom is 0.0578 e. The van der Waals surface area contributed by atoms with Crippen LogP contribution in [0.25, 0.3) is 0 Å². The average Bonchev–Trinajstić information content (AvgIpc) is 2.41. The van der Waals surface area contributed by atoms with Crippen molar-refractivity contribution < 1.29 is 4.74 Å². The Labute approximate surface area is 111 Å². The quantitative estimate of drug-likeness (QED) is 0.803. The van der Waals surface area contributed by atoms with Gasteiger partial charge in [-0.1, -0.05) is 38.3 Å². The van der Waals surface area contributed by atoms with E-state index in [1.165, 1.54) is 37.7 Å². The predicted octanol–water partition coefficient (Wildman–Crippen LogP) is 3.80. The summed E-state index contributed by atoms with van der Waals surface area (Å²) in [5.74, 6) is 0.889. The molecule has 1 fully saturated rings. The van der Waals surface area contributed by atoms with Gasteiger partial charge in [0.2, 0.25) is 0 Å². The first-order valence-electron chi connectivity index (χ1n) is 7.24. The summed E-state index contributed by atoms with van der Waals surface area (Å²) in [6.07, 6.45) is 8.04. The fourth-order valence-corrected chi connectivity index (χ4v) is 2.79. The maximum atomic E-state index is 6.02. The lowest BCUT2D eigenvalue weighted by Crippen LogP contribution is -2.23. The molecule has 2 heteroatoms. The minimum absolute atomic E-state index is 0.498. The molecule has 1 aliphatic carbocycles. The summed E-state index contributed by atoms with van der Waals surface area (Å²) in [5, 5.41) is 0. The van der Waals surface area contributed by atoms with E-state index in [2.05, 4.69) is 19.1 Å². The first kappa shape index (κ1) is 13.4. The molecule has 0 aliphatic heterocycles. The number of hydrogen-bond donors (Lipinski definition) is 1. The fourth-order valence-electron chi connectivity index (χ4n) is 2.79. The molecule has 100 valence electrons. The molecule has 1 aromatic carbocycles. The van der Waals surface area contributed by atoms with Crippen LogP contribution in [0, 0.1) is 5.92 Å². The smallest absolute Gasteiger partial charge is 0.0578 e. The number of benzene rings is 1. The normalized spacial score (nSPS) is 24.1. The molecule has 2 unspecified atom stereocenters. The Morgan fingerprint density at radius 2 is 2.00 bits per heavy atom. The predicted molar refractivity (Wildman–Crippen MR) is 76.5 cm³/mol. The van der Waals surface area contributed by atoms with Crippen molar-refractivity contribution in [1.29, 1.82) is 0 Å². The highest BCUT2D eigenvalue weighted by Gasteiger charge is 2.20. The summed E-state index contributed by atoms with van der Waals surface area (Å²) >= 11 is 0. The summed E-state index contributed by atoms with van der Waals surface area (Å²) in [6.45, 7) is 3.13. The average molecular weight is 247 g/mol. The zero-order chi connectivity index (χ0) is 12.8. The van der Waals surface area contributed by atoms with Crippen LogP contribution in [0.5, 0.6) is 0 Å². The van der Waals surface area contributed by atoms with Gasteiger partial charge in [-0.05, 0) is 42.9 Å². The van der Waals surface area contributed by atoms with Crippen molar-refractivity contribution in [3.8, 4) is 0 Å². The van der Waals surface area contributed by atoms with E-state index in [9.17, 15) is 0 Å². The Kier molecular flexibility index (Phi) is 5.06. The highest BCUT2D eigenvalue weighted by atomic mass is 16.5. The molecule has 0 amide bonds. The van der Waals surface area contributed by atoms with Crippen molar-refractivity contribution in [2.45, 2.75) is 51.6 Å². The molecular formula is C16H25NO. The Bertz CT molecular complexity index is 347. The Morgan fingerprint density at radius 1 is 1.22 bits per heavy atom. The molecule has 18 heavy (non-hydrogen) atoms. The number of ether oxygens (including phenoxy) is 1. The first-order chi connectivity index (χ1) is 8.78. The summed E-state index contributed by atoms with van der Waals surface area (Å²) in [7, 11) is 0. The van der Waals surface area contributed by atoms with Gasteiger partial charge in [-0.25, -0.2) is 0 Å². The van der Waals surface area contributed by atoms with E-state index in [-0.39, 0.29) is 0 Å². The lowest BCUT2D eigenvalue weighted by Gasteiger charge is -2.28. The minimum atomic E-state index is 0.498. The second-order valence-corrected chi connectivity index (χ2v) is 5.43. The number of nitrogens with two attached hydrogens (primary N) is 1. The van der Waals surface area contributed by atoms with E-state index >= 15 is 0 Å². The van der Waals surface area contributed by atoms with E-state index in [0.29, 0.717) is 6.10 Å². The third-order valence-corrected chi connectivity index (χ3v) is 4.04. The highest BCUT2D eigenvalue weighted by molar-refractivity contribution is 5.39. The van der Waals surface area contributed by atoms with Crippen molar-refractivity contribution >= 4 is 5.69 Å². The van der Waals surface area contributed by atoms with Crippen molar-refractivity contribution in [2.75, 3.05) is 12.3 Å². The molecule has 2 N–H and O–H groups in total. The van der Waals surface area contributed by atoms with Crippen molar-refractivity contribution in [3.05, 3.63) is 29.8 Å². The second kappa shape index (κ2) is 6.79. The van der Waals surface area contributed by atoms with Crippen LogP contribution in [-0.2, 0) is 11.2 Å². The third-order valence-electron chi connectivity index (χ3n) is 4.04. The first-order valence-corrected chi connectivity index (χ1v) is 7.24. The Balaban J connectivity index is 1.70. The van der Waals surface area contributed by atoms with Crippen LogP contribution < -0.4 is 5.73 Å². The molecule has 0 spiro atoms. The maximum absolute atomic E-state index is 6.02. The van der Waals surface area contributed by atoms with E-state index in [1.54, 1.807) is 0 Å². The van der Waals surface area contributed by atoms with Crippen molar-refractivity contribution in [2.24, 2.45) is 5.92 Å². The number of anilines is 1. The number of nitrogen functional groups attached to an aromatic ring is 1. The topological polar surface area (TPSA) is 35.2 Å². The number of rotatable bonds is 5. The number of hydrogen-bond acceptors (Lipinski definition) is 2. The largest absolute Gasteiger partial charge is 0.399 e. The van der Waals surface area contributed by atoms with E-state index in [0.717, 1.165) is 24.6 Å². The lowest BCUT2D eigenvalue weighted by atomic mass is 9.85. The summed E-state index contributed by atoms with van der Waals surface area (Å²) < 4.78 is 6.02. The molecule has 0 radical (unpaired) electrons. The van der Waals surface area contributed by atoms with Crippen LogP contribution in [0.1, 0.15) is 44.6 Å². The van der Waals surface area contributed by atoms with Gasteiger partial charge in [0.25, 0.3) is 0 Å². The second-order valence-electron chi connectivity index (χ2n) is 5.43. The van der Waals surface area contributed by atoms with Gasteiger partial charge >= 0.3 is 0 Å². The molecule has 2 atom stereocenters. The van der Waals surface area contributed by atoms with Gasteiger partial charge in [-0.2, -0.15) is 0 Å². The molecule has 0 bridgehead atoms. The van der Waals surface area contributed by atoms with Crippen LogP contribution in [0.15, 0.2) is 24.3 Å². The van der Waals surface area contributed by atoms with Gasteiger partial charge in [0.1, 0.15) is 0 Å². The highest BCUT2D eigenvalue weighted by Crippen LogP contribution is 2.28. The molecule has 2 rings (SSSR count). The van der Waals surface area contributed by atoms with Crippen molar-refractivity contribution in [3.63, 3.8) is 0 Å². The molecule has 1 saturated carbocycles. The minimum Gasteiger partial charge on any atom is -0.399 e. The molecule has 1 aromatic rings. The fraction of sp³-hybridized carbons (Fsp3) is 0.625. The van der Waals surface area contributed by atoms with Crippen LogP contribution in [0.2, 0.25) is 0 Å². The van der Waals surface area contributed by atoms with Gasteiger partial charge in [-0.3, -0.25) is 0 Å². The van der Waals surface area contributed by atoms with Crippen LogP contribution in [0.4, 0.5) is 5.69 Å². The Morgan fingerprint density at radius 3 is 2.72 bits per heavy atom. The lowest BCUT2D eigenvalue weighted by molar-refractivity contribution is 0.0142. The van der Waals surface area contributed by atoms with Crippen LogP contribution in [0.3, 0.4) is 0 Å². The zero-order valence-corrected chi connectivity index (χ0v) is 11.4. The van der Waals surface area contributed by atoms with Gasteiger partial charge in [-0.15, -0.1) is 0 Å². The molecule has 0 saturated heterocycles. The van der Waals surface area contributed by atoms with E-state index in [1.807, 2.05) is 12.1 Å². The Hall–Kier alpha value is -1.02. The van der Waals surface area contributed by atoms with Gasteiger partial charge in [0, 0.05) is 5.69 Å². The van der Waals surface area contributed by atoms with Gasteiger partial charge < -0.3 is 10.5 Å². The molecule has 0 heterocycles.